The Kier molecular flexibility index (Phi) is 7.61. The number of nitrogens with zero attached hydrogens (tertiary/aromatic N) is 1. The van der Waals surface area contributed by atoms with Crippen LogP contribution in [0.3, 0.4) is 0 Å². The molecule has 0 aliphatic carbocycles. The molecule has 154 valence electrons. The number of aliphatic imine (C=N–C) groups is 1. The lowest BCUT2D eigenvalue weighted by atomic mass is 9.88. The average Bonchev–Trinajstić information content (AvgIpc) is 2.80. The molecule has 0 atom stereocenters. The molecule has 0 radical (unpaired) electrons. The van der Waals surface area contributed by atoms with Gasteiger partial charge < -0.3 is 16.4 Å². The largest absolute Gasteiger partial charge is 0.366 e. The van der Waals surface area contributed by atoms with Crippen molar-refractivity contribution >= 4 is 11.9 Å². The van der Waals surface area contributed by atoms with E-state index in [1.807, 2.05) is 24.3 Å². The van der Waals surface area contributed by atoms with Gasteiger partial charge >= 0.3 is 0 Å². The highest BCUT2D eigenvalue weighted by Crippen LogP contribution is 2.27. The van der Waals surface area contributed by atoms with Crippen molar-refractivity contribution in [3.8, 4) is 0 Å². The van der Waals surface area contributed by atoms with E-state index in [0.29, 0.717) is 18.0 Å². The number of primary amides is 1. The lowest BCUT2D eigenvalue weighted by molar-refractivity contribution is 0.100. The number of benzene rings is 3. The topological polar surface area (TPSA) is 79.5 Å². The zero-order valence-electron chi connectivity index (χ0n) is 17.2. The van der Waals surface area contributed by atoms with Crippen molar-refractivity contribution in [2.24, 2.45) is 10.7 Å². The lowest BCUT2D eigenvalue weighted by Gasteiger charge is -2.19. The van der Waals surface area contributed by atoms with Gasteiger partial charge in [0.05, 0.1) is 0 Å². The molecule has 30 heavy (non-hydrogen) atoms. The van der Waals surface area contributed by atoms with Crippen LogP contribution in [-0.2, 0) is 6.54 Å². The Balaban J connectivity index is 1.56. The summed E-state index contributed by atoms with van der Waals surface area (Å²) in [5, 5.41) is 6.71. The van der Waals surface area contributed by atoms with Crippen LogP contribution >= 0.6 is 0 Å². The first-order valence-corrected chi connectivity index (χ1v) is 10.1. The normalized spacial score (nSPS) is 11.3. The molecule has 0 aliphatic rings. The van der Waals surface area contributed by atoms with Gasteiger partial charge in [-0.1, -0.05) is 72.8 Å². The zero-order valence-corrected chi connectivity index (χ0v) is 17.2. The zero-order chi connectivity index (χ0) is 21.2. The molecule has 0 saturated carbocycles. The Morgan fingerprint density at radius 1 is 0.867 bits per heavy atom. The van der Waals surface area contributed by atoms with E-state index in [2.05, 4.69) is 64.2 Å². The highest BCUT2D eigenvalue weighted by molar-refractivity contribution is 5.92. The standard InChI is InChI=1S/C25H28N4O/c1-27-25(29-18-19-12-14-22(15-13-19)24(26)30)28-17-16-23(20-8-4-2-5-9-20)21-10-6-3-7-11-21/h2-15,23H,16-18H2,1H3,(H2,26,30)(H2,27,28,29). The van der Waals surface area contributed by atoms with Crippen molar-refractivity contribution < 1.29 is 4.79 Å². The van der Waals surface area contributed by atoms with Crippen LogP contribution in [-0.4, -0.2) is 25.5 Å². The van der Waals surface area contributed by atoms with Crippen LogP contribution < -0.4 is 16.4 Å². The first-order chi connectivity index (χ1) is 14.7. The van der Waals surface area contributed by atoms with Gasteiger partial charge in [0.1, 0.15) is 0 Å². The molecule has 0 bridgehead atoms. The smallest absolute Gasteiger partial charge is 0.248 e. The molecule has 3 rings (SSSR count). The third-order valence-electron chi connectivity index (χ3n) is 5.05. The summed E-state index contributed by atoms with van der Waals surface area (Å²) in [4.78, 5) is 15.5. The maximum Gasteiger partial charge on any atom is 0.248 e. The van der Waals surface area contributed by atoms with E-state index in [1.54, 1.807) is 19.2 Å². The van der Waals surface area contributed by atoms with Crippen LogP contribution in [0.15, 0.2) is 89.9 Å². The van der Waals surface area contributed by atoms with E-state index >= 15 is 0 Å². The summed E-state index contributed by atoms with van der Waals surface area (Å²) in [5.74, 6) is 0.645. The molecule has 5 heteroatoms. The lowest BCUT2D eigenvalue weighted by Crippen LogP contribution is -2.37. The molecule has 0 saturated heterocycles. The molecule has 3 aromatic carbocycles. The summed E-state index contributed by atoms with van der Waals surface area (Å²) in [6.45, 7) is 1.40. The molecular weight excluding hydrogens is 372 g/mol. The summed E-state index contributed by atoms with van der Waals surface area (Å²) in [6.07, 6.45) is 0.946. The molecule has 4 N–H and O–H groups in total. The second kappa shape index (κ2) is 10.8. The first-order valence-electron chi connectivity index (χ1n) is 10.1. The number of hydrogen-bond donors (Lipinski definition) is 3. The van der Waals surface area contributed by atoms with Crippen LogP contribution in [0, 0.1) is 0 Å². The fourth-order valence-corrected chi connectivity index (χ4v) is 3.42. The Morgan fingerprint density at radius 2 is 1.43 bits per heavy atom. The summed E-state index contributed by atoms with van der Waals surface area (Å²) < 4.78 is 0. The van der Waals surface area contributed by atoms with Gasteiger partial charge in [0, 0.05) is 31.6 Å². The Bertz CT molecular complexity index is 914. The molecule has 0 spiro atoms. The Labute approximate surface area is 178 Å². The van der Waals surface area contributed by atoms with E-state index < -0.39 is 5.91 Å². The van der Waals surface area contributed by atoms with Gasteiger partial charge in [-0.3, -0.25) is 9.79 Å². The SMILES string of the molecule is CN=C(NCCC(c1ccccc1)c1ccccc1)NCc1ccc(C(N)=O)cc1. The predicted molar refractivity (Wildman–Crippen MR) is 123 cm³/mol. The molecule has 0 unspecified atom stereocenters. The van der Waals surface area contributed by atoms with Crippen molar-refractivity contribution in [1.29, 1.82) is 0 Å². The van der Waals surface area contributed by atoms with Crippen molar-refractivity contribution in [2.45, 2.75) is 18.9 Å². The second-order valence-electron chi connectivity index (χ2n) is 7.08. The number of guanidine groups is 1. The van der Waals surface area contributed by atoms with E-state index in [9.17, 15) is 4.79 Å². The third-order valence-corrected chi connectivity index (χ3v) is 5.05. The van der Waals surface area contributed by atoms with Crippen LogP contribution in [0.4, 0.5) is 0 Å². The van der Waals surface area contributed by atoms with Crippen LogP contribution in [0.25, 0.3) is 0 Å². The van der Waals surface area contributed by atoms with Gasteiger partial charge in [-0.25, -0.2) is 0 Å². The summed E-state index contributed by atoms with van der Waals surface area (Å²) >= 11 is 0. The van der Waals surface area contributed by atoms with Gasteiger partial charge in [0.2, 0.25) is 5.91 Å². The summed E-state index contributed by atoms with van der Waals surface area (Å²) in [5.41, 5.74) is 9.46. The molecule has 1 amide bonds. The van der Waals surface area contributed by atoms with Crippen molar-refractivity contribution in [1.82, 2.24) is 10.6 Å². The molecule has 0 heterocycles. The van der Waals surface area contributed by atoms with E-state index in [0.717, 1.165) is 24.5 Å². The molecule has 0 aliphatic heterocycles. The van der Waals surface area contributed by atoms with Gasteiger partial charge in [-0.15, -0.1) is 0 Å². The van der Waals surface area contributed by atoms with Gasteiger partial charge in [0.15, 0.2) is 5.96 Å². The van der Waals surface area contributed by atoms with Crippen molar-refractivity contribution in [3.63, 3.8) is 0 Å². The average molecular weight is 401 g/mol. The third kappa shape index (κ3) is 5.95. The molecule has 5 nitrogen and oxygen atoms in total. The molecular formula is C25H28N4O. The number of carbonyl (C=O) groups excluding carboxylic acids is 1. The fourth-order valence-electron chi connectivity index (χ4n) is 3.42. The van der Waals surface area contributed by atoms with E-state index in [-0.39, 0.29) is 0 Å². The number of hydrogen-bond acceptors (Lipinski definition) is 2. The maximum atomic E-state index is 11.2. The second-order valence-corrected chi connectivity index (χ2v) is 7.08. The monoisotopic (exact) mass is 400 g/mol. The van der Waals surface area contributed by atoms with Crippen molar-refractivity contribution in [3.05, 3.63) is 107 Å². The molecule has 3 aromatic rings. The number of rotatable bonds is 8. The quantitative estimate of drug-likeness (QED) is 0.399. The first kappa shape index (κ1) is 21.1. The predicted octanol–water partition coefficient (Wildman–Crippen LogP) is 3.67. The highest BCUT2D eigenvalue weighted by Gasteiger charge is 2.13. The van der Waals surface area contributed by atoms with E-state index in [1.165, 1.54) is 11.1 Å². The molecule has 0 fully saturated rings. The minimum atomic E-state index is -0.418. The fraction of sp³-hybridized carbons (Fsp3) is 0.200. The Hall–Kier alpha value is -3.60. The van der Waals surface area contributed by atoms with Crippen molar-refractivity contribution in [2.75, 3.05) is 13.6 Å². The van der Waals surface area contributed by atoms with Crippen LogP contribution in [0.5, 0.6) is 0 Å². The maximum absolute atomic E-state index is 11.2. The van der Waals surface area contributed by atoms with Gasteiger partial charge in [-0.05, 0) is 35.2 Å². The summed E-state index contributed by atoms with van der Waals surface area (Å²) in [6, 6.07) is 28.4. The number of nitrogens with one attached hydrogen (secondary N) is 2. The minimum absolute atomic E-state index is 0.319. The number of nitrogens with two attached hydrogens (primary N) is 1. The van der Waals surface area contributed by atoms with Gasteiger partial charge in [0.25, 0.3) is 0 Å². The number of carbonyl (C=O) groups is 1. The van der Waals surface area contributed by atoms with Crippen LogP contribution in [0.2, 0.25) is 0 Å². The van der Waals surface area contributed by atoms with E-state index in [4.69, 9.17) is 5.73 Å². The Morgan fingerprint density at radius 3 is 1.93 bits per heavy atom. The highest BCUT2D eigenvalue weighted by atomic mass is 16.1. The molecule has 0 aromatic heterocycles. The summed E-state index contributed by atoms with van der Waals surface area (Å²) in [7, 11) is 1.76. The van der Waals surface area contributed by atoms with Crippen LogP contribution in [0.1, 0.15) is 39.4 Å². The number of amides is 1. The van der Waals surface area contributed by atoms with Gasteiger partial charge in [-0.2, -0.15) is 0 Å². The minimum Gasteiger partial charge on any atom is -0.366 e.